The summed E-state index contributed by atoms with van der Waals surface area (Å²) in [5.41, 5.74) is 3.40. The first-order chi connectivity index (χ1) is 13.1. The van der Waals surface area contributed by atoms with Crippen LogP contribution in [0.3, 0.4) is 0 Å². The zero-order chi connectivity index (χ0) is 19.2. The van der Waals surface area contributed by atoms with E-state index in [1.54, 1.807) is 24.0 Å². The summed E-state index contributed by atoms with van der Waals surface area (Å²) in [6, 6.07) is 2.93. The summed E-state index contributed by atoms with van der Waals surface area (Å²) < 4.78 is 14.6. The van der Waals surface area contributed by atoms with Gasteiger partial charge in [0, 0.05) is 42.4 Å². The van der Waals surface area contributed by atoms with Gasteiger partial charge in [-0.3, -0.25) is 4.79 Å². The van der Waals surface area contributed by atoms with Crippen LogP contribution in [0.1, 0.15) is 53.4 Å². The van der Waals surface area contributed by atoms with Crippen molar-refractivity contribution in [2.24, 2.45) is 0 Å². The second-order valence-electron chi connectivity index (χ2n) is 6.74. The van der Waals surface area contributed by atoms with Gasteiger partial charge in [0.2, 0.25) is 0 Å². The summed E-state index contributed by atoms with van der Waals surface area (Å²) in [7, 11) is 2.00. The number of carbonyl (C=O) groups is 1. The summed E-state index contributed by atoms with van der Waals surface area (Å²) >= 11 is 1.78. The Balaban J connectivity index is 1.88. The van der Waals surface area contributed by atoms with E-state index < -0.39 is 5.82 Å². The molecule has 1 aromatic carbocycles. The van der Waals surface area contributed by atoms with Crippen molar-refractivity contribution in [1.29, 1.82) is 0 Å². The van der Waals surface area contributed by atoms with Crippen molar-refractivity contribution in [2.45, 2.75) is 37.7 Å². The third-order valence-electron chi connectivity index (χ3n) is 4.61. The minimum absolute atomic E-state index is 0.325. The molecule has 0 aliphatic carbocycles. The highest BCUT2D eigenvalue weighted by Crippen LogP contribution is 2.30. The van der Waals surface area contributed by atoms with Crippen molar-refractivity contribution in [3.63, 3.8) is 0 Å². The minimum atomic E-state index is -0.476. The molecule has 142 valence electrons. The van der Waals surface area contributed by atoms with Gasteiger partial charge >= 0.3 is 0 Å². The number of nitrogens with zero attached hydrogens (tertiary/aromatic N) is 3. The minimum Gasteiger partial charge on any atom is -0.380 e. The number of thioether (sulfide) groups is 1. The Kier molecular flexibility index (Phi) is 6.61. The Morgan fingerprint density at radius 3 is 2.89 bits per heavy atom. The molecular weight excluding hydrogens is 361 g/mol. The highest BCUT2D eigenvalue weighted by molar-refractivity contribution is 7.98. The normalized spacial score (nSPS) is 13.1. The molecule has 0 bridgehead atoms. The van der Waals surface area contributed by atoms with Crippen LogP contribution in [0.4, 0.5) is 4.39 Å². The van der Waals surface area contributed by atoms with E-state index in [0.717, 1.165) is 35.7 Å². The average molecular weight is 386 g/mol. The number of aldehydes is 1. The summed E-state index contributed by atoms with van der Waals surface area (Å²) in [6.45, 7) is 3.12. The van der Waals surface area contributed by atoms with E-state index in [4.69, 9.17) is 0 Å². The van der Waals surface area contributed by atoms with Crippen molar-refractivity contribution < 1.29 is 9.18 Å². The molecule has 0 saturated heterocycles. The van der Waals surface area contributed by atoms with E-state index in [1.165, 1.54) is 18.9 Å². The molecule has 1 aromatic heterocycles. The predicted molar refractivity (Wildman–Crippen MR) is 109 cm³/mol. The maximum Gasteiger partial charge on any atom is 0.162 e. The van der Waals surface area contributed by atoms with Gasteiger partial charge in [0.05, 0.1) is 11.3 Å². The molecule has 0 radical (unpaired) electrons. The molecule has 0 spiro atoms. The van der Waals surface area contributed by atoms with Gasteiger partial charge in [0.15, 0.2) is 12.1 Å². The molecule has 0 N–H and O–H groups in total. The highest BCUT2D eigenvalue weighted by Gasteiger charge is 2.17. The average Bonchev–Trinajstić information content (AvgIpc) is 3.14. The van der Waals surface area contributed by atoms with E-state index in [9.17, 15) is 9.18 Å². The molecule has 1 aliphatic heterocycles. The number of carbonyl (C=O) groups excluding carboxylic acids is 1. The van der Waals surface area contributed by atoms with Crippen LogP contribution < -0.4 is 0 Å². The van der Waals surface area contributed by atoms with Crippen LogP contribution in [-0.4, -0.2) is 34.7 Å². The Labute approximate surface area is 163 Å². The van der Waals surface area contributed by atoms with E-state index in [0.29, 0.717) is 28.8 Å². The summed E-state index contributed by atoms with van der Waals surface area (Å²) in [6.07, 6.45) is 9.72. The van der Waals surface area contributed by atoms with Crippen LogP contribution in [0.5, 0.6) is 0 Å². The lowest BCUT2D eigenvalue weighted by Crippen LogP contribution is -2.11. The Morgan fingerprint density at radius 2 is 2.11 bits per heavy atom. The van der Waals surface area contributed by atoms with Crippen molar-refractivity contribution >= 4 is 24.1 Å². The van der Waals surface area contributed by atoms with Gasteiger partial charge in [-0.15, -0.1) is 0 Å². The molecule has 4 nitrogen and oxygen atoms in total. The van der Waals surface area contributed by atoms with Gasteiger partial charge < -0.3 is 4.90 Å². The van der Waals surface area contributed by atoms with Gasteiger partial charge in [-0.25, -0.2) is 14.4 Å². The number of unbranched alkanes of at least 4 members (excludes halogenated alkanes) is 2. The third-order valence-corrected chi connectivity index (χ3v) is 5.61. The van der Waals surface area contributed by atoms with Gasteiger partial charge in [0.25, 0.3) is 0 Å². The fourth-order valence-corrected chi connectivity index (χ4v) is 4.00. The Hall–Kier alpha value is -2.21. The lowest BCUT2D eigenvalue weighted by atomic mass is 10.0. The molecular formula is C21H24FN3OS. The molecule has 2 aromatic rings. The van der Waals surface area contributed by atoms with Gasteiger partial charge in [0.1, 0.15) is 5.82 Å². The van der Waals surface area contributed by atoms with E-state index in [-0.39, 0.29) is 0 Å². The monoisotopic (exact) mass is 385 g/mol. The molecule has 0 saturated carbocycles. The lowest BCUT2D eigenvalue weighted by Gasteiger charge is -2.14. The maximum atomic E-state index is 14.6. The van der Waals surface area contributed by atoms with Crippen LogP contribution in [0, 0.1) is 5.82 Å². The molecule has 0 amide bonds. The number of aromatic nitrogens is 2. The quantitative estimate of drug-likeness (QED) is 0.476. The van der Waals surface area contributed by atoms with Crippen LogP contribution in [-0.2, 0) is 11.5 Å². The Bertz CT molecular complexity index is 854. The first kappa shape index (κ1) is 19.5. The van der Waals surface area contributed by atoms with E-state index in [2.05, 4.69) is 21.8 Å². The number of rotatable bonds is 8. The van der Waals surface area contributed by atoms with Crippen LogP contribution in [0.2, 0.25) is 0 Å². The molecule has 3 rings (SSSR count). The number of fused-ring (bicyclic) bond motifs is 1. The summed E-state index contributed by atoms with van der Waals surface area (Å²) in [4.78, 5) is 22.3. The number of halogens is 1. The number of hydrogen-bond acceptors (Lipinski definition) is 5. The van der Waals surface area contributed by atoms with Crippen LogP contribution in [0.15, 0.2) is 24.5 Å². The second-order valence-corrected chi connectivity index (χ2v) is 7.73. The standard InChI is InChI=1S/C21H24FN3OS/c1-3-4-5-7-25(2)8-6-15-9-18(19(22)10-16(15)12-26)21-23-11-17-13-27-14-20(17)24-21/h6,8-12H,3-5,7,13-14H2,1-2H3/b8-6-. The number of hydrogen-bond donors (Lipinski definition) is 0. The van der Waals surface area contributed by atoms with Crippen molar-refractivity contribution in [2.75, 3.05) is 13.6 Å². The predicted octanol–water partition coefficient (Wildman–Crippen LogP) is 4.93. The maximum absolute atomic E-state index is 14.6. The highest BCUT2D eigenvalue weighted by atomic mass is 32.2. The summed E-state index contributed by atoms with van der Waals surface area (Å²) in [5.74, 6) is 1.63. The smallest absolute Gasteiger partial charge is 0.162 e. The zero-order valence-electron chi connectivity index (χ0n) is 15.7. The SMILES string of the molecule is CCCCCN(C)/C=C\c1cc(-c2ncc3c(n2)CSC3)c(F)cc1C=O. The molecule has 1 aliphatic rings. The molecule has 6 heteroatoms. The second kappa shape index (κ2) is 9.13. The zero-order valence-corrected chi connectivity index (χ0v) is 16.6. The van der Waals surface area contributed by atoms with Crippen LogP contribution in [0.25, 0.3) is 17.5 Å². The largest absolute Gasteiger partial charge is 0.380 e. The van der Waals surface area contributed by atoms with Gasteiger partial charge in [-0.1, -0.05) is 19.8 Å². The topological polar surface area (TPSA) is 46.1 Å². The molecule has 0 unspecified atom stereocenters. The summed E-state index contributed by atoms with van der Waals surface area (Å²) in [5, 5.41) is 0. The number of benzene rings is 1. The van der Waals surface area contributed by atoms with Crippen LogP contribution >= 0.6 is 11.8 Å². The molecule has 0 atom stereocenters. The third kappa shape index (κ3) is 4.75. The Morgan fingerprint density at radius 1 is 1.26 bits per heavy atom. The molecule has 27 heavy (non-hydrogen) atoms. The fraction of sp³-hybridized carbons (Fsp3) is 0.381. The van der Waals surface area contributed by atoms with E-state index in [1.807, 2.05) is 19.3 Å². The molecule has 2 heterocycles. The van der Waals surface area contributed by atoms with Crippen molar-refractivity contribution in [3.05, 3.63) is 52.7 Å². The molecule has 0 fully saturated rings. The van der Waals surface area contributed by atoms with Crippen molar-refractivity contribution in [3.8, 4) is 11.4 Å². The fourth-order valence-electron chi connectivity index (χ4n) is 2.99. The van der Waals surface area contributed by atoms with Gasteiger partial charge in [-0.2, -0.15) is 11.8 Å². The van der Waals surface area contributed by atoms with Crippen molar-refractivity contribution in [1.82, 2.24) is 14.9 Å². The lowest BCUT2D eigenvalue weighted by molar-refractivity contribution is 0.112. The van der Waals surface area contributed by atoms with E-state index >= 15 is 0 Å². The first-order valence-electron chi connectivity index (χ1n) is 9.22. The van der Waals surface area contributed by atoms with Gasteiger partial charge in [-0.05, 0) is 36.4 Å². The first-order valence-corrected chi connectivity index (χ1v) is 10.4.